The minimum Gasteiger partial charge on any atom is -0.504 e. The van der Waals surface area contributed by atoms with Crippen LogP contribution in [0.2, 0.25) is 0 Å². The van der Waals surface area contributed by atoms with Gasteiger partial charge in [-0.2, -0.15) is 0 Å². The van der Waals surface area contributed by atoms with E-state index >= 15 is 0 Å². The molecular weight excluding hydrogens is 468 g/mol. The summed E-state index contributed by atoms with van der Waals surface area (Å²) in [6.07, 6.45) is 2.40. The van der Waals surface area contributed by atoms with Crippen LogP contribution >= 0.6 is 0 Å². The zero-order chi connectivity index (χ0) is 24.8. The van der Waals surface area contributed by atoms with Gasteiger partial charge in [-0.1, -0.05) is 12.1 Å². The molecule has 2 aliphatic rings. The van der Waals surface area contributed by atoms with E-state index in [9.17, 15) is 38.1 Å². The zero-order valence-electron chi connectivity index (χ0n) is 17.8. The van der Waals surface area contributed by atoms with Gasteiger partial charge in [-0.3, -0.25) is 14.6 Å². The Bertz CT molecular complexity index is 1320. The van der Waals surface area contributed by atoms with E-state index in [2.05, 4.69) is 4.98 Å². The van der Waals surface area contributed by atoms with Crippen molar-refractivity contribution in [1.82, 2.24) is 9.88 Å². The normalized spacial score (nSPS) is 26.1. The number of nitrogens with zero attached hydrogens (tertiary/aromatic N) is 2. The molecule has 0 spiro atoms. The van der Waals surface area contributed by atoms with Crippen LogP contribution in [0.5, 0.6) is 11.5 Å². The fourth-order valence-electron chi connectivity index (χ4n) is 4.13. The van der Waals surface area contributed by atoms with Crippen molar-refractivity contribution in [3.05, 3.63) is 59.4 Å². The number of phenolic OH excluding ortho intramolecular Hbond substituents is 2. The van der Waals surface area contributed by atoms with Gasteiger partial charge in [-0.25, -0.2) is 13.2 Å². The second-order valence-corrected chi connectivity index (χ2v) is 10.6. The molecule has 4 rings (SSSR count). The number of fused-ring (bicyclic) bond motifs is 1. The molecule has 2 unspecified atom stereocenters. The molecule has 3 heterocycles. The monoisotopic (exact) mass is 488 g/mol. The smallest absolute Gasteiger partial charge is 0.328 e. The predicted octanol–water partition coefficient (Wildman–Crippen LogP) is 0.471. The number of benzene rings is 1. The first-order valence-corrected chi connectivity index (χ1v) is 11.6. The fourth-order valence-corrected chi connectivity index (χ4v) is 6.41. The first kappa shape index (κ1) is 23.2. The third kappa shape index (κ3) is 3.55. The number of rotatable bonds is 6. The number of aromatic nitrogens is 1. The average molecular weight is 488 g/mol. The summed E-state index contributed by atoms with van der Waals surface area (Å²) in [5.74, 6) is -4.00. The maximum Gasteiger partial charge on any atom is 0.328 e. The van der Waals surface area contributed by atoms with Crippen LogP contribution in [-0.4, -0.2) is 74.2 Å². The average Bonchev–Trinajstić information content (AvgIpc) is 2.95. The molecule has 0 aliphatic carbocycles. The summed E-state index contributed by atoms with van der Waals surface area (Å²) >= 11 is 0. The van der Waals surface area contributed by atoms with Crippen LogP contribution in [0.25, 0.3) is 6.08 Å². The number of amides is 1. The molecule has 2 saturated heterocycles. The number of aliphatic carboxylic acids is 1. The van der Waals surface area contributed by atoms with E-state index < -0.39 is 56.2 Å². The minimum absolute atomic E-state index is 0.112. The number of phenols is 2. The van der Waals surface area contributed by atoms with Crippen molar-refractivity contribution in [2.24, 2.45) is 0 Å². The summed E-state index contributed by atoms with van der Waals surface area (Å²) < 4.78 is 29.9. The number of ether oxygens (including phenoxy) is 1. The highest BCUT2D eigenvalue weighted by atomic mass is 32.2. The highest BCUT2D eigenvalue weighted by Gasteiger charge is 2.72. The number of sulfone groups is 1. The highest BCUT2D eigenvalue weighted by molar-refractivity contribution is 7.94. The molecule has 2 aromatic rings. The maximum atomic E-state index is 13.4. The summed E-state index contributed by atoms with van der Waals surface area (Å²) in [6.45, 7) is 0.330. The van der Waals surface area contributed by atoms with Crippen molar-refractivity contribution in [2.75, 3.05) is 6.61 Å². The van der Waals surface area contributed by atoms with Gasteiger partial charge in [0.1, 0.15) is 11.4 Å². The minimum atomic E-state index is -4.33. The molecule has 3 N–H and O–H groups in total. The first-order chi connectivity index (χ1) is 16.0. The summed E-state index contributed by atoms with van der Waals surface area (Å²) in [6, 6.07) is 6.79. The van der Waals surface area contributed by atoms with E-state index in [0.29, 0.717) is 5.69 Å². The summed E-state index contributed by atoms with van der Waals surface area (Å²) in [5.41, 5.74) is 0.512. The fraction of sp³-hybridized carbons (Fsp3) is 0.273. The summed E-state index contributed by atoms with van der Waals surface area (Å²) in [5, 5.41) is 27.2. The second kappa shape index (κ2) is 8.13. The number of carboxylic acids is 1. The molecule has 3 atom stereocenters. The number of esters is 1. The Morgan fingerprint density at radius 3 is 2.56 bits per heavy atom. The molecule has 1 aromatic carbocycles. The Morgan fingerprint density at radius 1 is 1.21 bits per heavy atom. The van der Waals surface area contributed by atoms with E-state index in [1.54, 1.807) is 18.2 Å². The lowest BCUT2D eigenvalue weighted by Crippen LogP contribution is -2.59. The molecule has 0 radical (unpaired) electrons. The van der Waals surface area contributed by atoms with Crippen molar-refractivity contribution in [1.29, 1.82) is 0 Å². The van der Waals surface area contributed by atoms with Crippen LogP contribution in [-0.2, 0) is 35.4 Å². The zero-order valence-corrected chi connectivity index (χ0v) is 18.6. The molecule has 2 fully saturated rings. The molecule has 178 valence electrons. The van der Waals surface area contributed by atoms with Crippen molar-refractivity contribution >= 4 is 33.8 Å². The van der Waals surface area contributed by atoms with Crippen LogP contribution in [0, 0.1) is 0 Å². The Labute approximate surface area is 193 Å². The van der Waals surface area contributed by atoms with E-state index in [-0.39, 0.29) is 23.3 Å². The van der Waals surface area contributed by atoms with Gasteiger partial charge in [-0.05, 0) is 42.8 Å². The number of aromatic hydroxyl groups is 2. The van der Waals surface area contributed by atoms with E-state index in [0.717, 1.165) is 17.9 Å². The van der Waals surface area contributed by atoms with Crippen molar-refractivity contribution in [3.8, 4) is 11.5 Å². The van der Waals surface area contributed by atoms with Crippen LogP contribution in [0.15, 0.2) is 48.2 Å². The lowest BCUT2D eigenvalue weighted by atomic mass is 9.94. The quantitative estimate of drug-likeness (QED) is 0.225. The Kier molecular flexibility index (Phi) is 5.56. The van der Waals surface area contributed by atoms with Gasteiger partial charge >= 0.3 is 11.9 Å². The van der Waals surface area contributed by atoms with Gasteiger partial charge in [-0.15, -0.1) is 0 Å². The van der Waals surface area contributed by atoms with Gasteiger partial charge in [0.25, 0.3) is 5.91 Å². The molecule has 0 bridgehead atoms. The van der Waals surface area contributed by atoms with Crippen molar-refractivity contribution in [3.63, 3.8) is 0 Å². The lowest BCUT2D eigenvalue weighted by molar-refractivity contribution is -0.155. The number of hydrogen-bond donors (Lipinski definition) is 3. The van der Waals surface area contributed by atoms with Gasteiger partial charge in [0.2, 0.25) is 0 Å². The van der Waals surface area contributed by atoms with Crippen LogP contribution in [0.3, 0.4) is 0 Å². The number of hydrogen-bond acceptors (Lipinski definition) is 9. The number of carbonyl (C=O) groups excluding carboxylic acids is 2. The van der Waals surface area contributed by atoms with E-state index in [4.69, 9.17) is 4.74 Å². The van der Waals surface area contributed by atoms with Crippen molar-refractivity contribution < 1.29 is 42.9 Å². The highest BCUT2D eigenvalue weighted by Crippen LogP contribution is 2.49. The van der Waals surface area contributed by atoms with Gasteiger partial charge in [0.15, 0.2) is 32.8 Å². The maximum absolute atomic E-state index is 13.4. The molecule has 34 heavy (non-hydrogen) atoms. The summed E-state index contributed by atoms with van der Waals surface area (Å²) in [7, 11) is -4.33. The molecule has 11 nitrogen and oxygen atoms in total. The predicted molar refractivity (Wildman–Crippen MR) is 116 cm³/mol. The SMILES string of the molecule is CC1(COC(=O)Cc2ccc(O)c(O)c2)[C@H](C(=O)O)N2C(=O)/C(=C/c3ccccn3)C2S1(=O)=O. The number of pyridine rings is 1. The van der Waals surface area contributed by atoms with Crippen LogP contribution < -0.4 is 0 Å². The summed E-state index contributed by atoms with van der Waals surface area (Å²) in [4.78, 5) is 41.9. The molecule has 1 aromatic heterocycles. The van der Waals surface area contributed by atoms with E-state index in [1.165, 1.54) is 24.4 Å². The Balaban J connectivity index is 1.59. The molecule has 0 saturated carbocycles. The molecule has 2 aliphatic heterocycles. The Morgan fingerprint density at radius 2 is 1.94 bits per heavy atom. The molecule has 1 amide bonds. The number of β-lactam (4-membered cyclic amide) rings is 1. The largest absolute Gasteiger partial charge is 0.504 e. The standard InChI is InChI=1S/C22H20N2O9S/c1-22(11-33-17(27)9-12-5-6-15(25)16(26)8-12)18(21(29)30)24-19(28)14(20(24)34(22,31)32)10-13-4-2-3-7-23-13/h2-8,10,18,20,25-26H,9,11H2,1H3,(H,29,30)/b14-10-/t18-,20?,22?/m0/s1. The van der Waals surface area contributed by atoms with Crippen LogP contribution in [0.4, 0.5) is 0 Å². The third-order valence-electron chi connectivity index (χ3n) is 5.93. The van der Waals surface area contributed by atoms with Crippen LogP contribution in [0.1, 0.15) is 18.2 Å². The lowest BCUT2D eigenvalue weighted by Gasteiger charge is -2.37. The van der Waals surface area contributed by atoms with E-state index in [1.807, 2.05) is 0 Å². The molecular formula is C22H20N2O9S. The van der Waals surface area contributed by atoms with Crippen molar-refractivity contribution in [2.45, 2.75) is 29.5 Å². The third-order valence-corrected chi connectivity index (χ3v) is 8.64. The topological polar surface area (TPSA) is 171 Å². The Hall–Kier alpha value is -3.93. The number of carboxylic acid groups (broad SMARTS) is 1. The number of carbonyl (C=O) groups is 3. The first-order valence-electron chi connectivity index (χ1n) is 10.1. The molecule has 12 heteroatoms. The van der Waals surface area contributed by atoms with Gasteiger partial charge in [0.05, 0.1) is 17.7 Å². The van der Waals surface area contributed by atoms with Gasteiger partial charge in [0, 0.05) is 6.20 Å². The second-order valence-electron chi connectivity index (χ2n) is 8.18. The van der Waals surface area contributed by atoms with Gasteiger partial charge < -0.3 is 25.0 Å².